The van der Waals surface area contributed by atoms with Crippen LogP contribution in [-0.2, 0) is 14.4 Å². The quantitative estimate of drug-likeness (QED) is 0.407. The van der Waals surface area contributed by atoms with E-state index in [1.165, 1.54) is 5.56 Å². The molecule has 0 radical (unpaired) electrons. The Morgan fingerprint density at radius 2 is 2.00 bits per heavy atom. The molecule has 4 rings (SSSR count). The van der Waals surface area contributed by atoms with Gasteiger partial charge in [-0.25, -0.2) is 4.79 Å². The van der Waals surface area contributed by atoms with Crippen LogP contribution in [0.5, 0.6) is 0 Å². The van der Waals surface area contributed by atoms with Crippen LogP contribution in [0.3, 0.4) is 0 Å². The largest absolute Gasteiger partial charge is 0.480 e. The highest BCUT2D eigenvalue weighted by Crippen LogP contribution is 2.27. The molecule has 9 nitrogen and oxygen atoms in total. The Balaban J connectivity index is 1.23. The van der Waals surface area contributed by atoms with Crippen molar-refractivity contribution in [1.82, 2.24) is 15.4 Å². The normalized spacial score (nSPS) is 21.8. The summed E-state index contributed by atoms with van der Waals surface area (Å²) in [5.74, 6) is -0.910. The third-order valence-corrected chi connectivity index (χ3v) is 6.26. The van der Waals surface area contributed by atoms with Gasteiger partial charge in [0.2, 0.25) is 0 Å². The predicted octanol–water partition coefficient (Wildman–Crippen LogP) is 2.84. The van der Waals surface area contributed by atoms with Crippen molar-refractivity contribution in [3.05, 3.63) is 59.9 Å². The molecule has 2 fully saturated rings. The van der Waals surface area contributed by atoms with Crippen molar-refractivity contribution in [2.24, 2.45) is 5.10 Å². The average Bonchev–Trinajstić information content (AvgIpc) is 3.33. The Bertz CT molecular complexity index is 932. The SMILES string of the molecule is CCN(N=Cc1ccc(C2CC(CN3CCC(OCC(=O)O)CC3)ON2)cc1)c1ccncc1. The smallest absolute Gasteiger partial charge is 0.329 e. The van der Waals surface area contributed by atoms with E-state index in [0.29, 0.717) is 0 Å². The number of nitrogens with zero attached hydrogens (tertiary/aromatic N) is 4. The first-order valence-corrected chi connectivity index (χ1v) is 11.9. The fourth-order valence-electron chi connectivity index (χ4n) is 4.39. The number of aromatic nitrogens is 1. The number of carboxylic acids is 1. The van der Waals surface area contributed by atoms with E-state index in [9.17, 15) is 4.79 Å². The van der Waals surface area contributed by atoms with Crippen LogP contribution in [0.25, 0.3) is 0 Å². The zero-order valence-corrected chi connectivity index (χ0v) is 19.5. The summed E-state index contributed by atoms with van der Waals surface area (Å²) in [4.78, 5) is 23.0. The molecule has 0 amide bonds. The number of hydrogen-bond donors (Lipinski definition) is 2. The van der Waals surface area contributed by atoms with Crippen molar-refractivity contribution in [3.8, 4) is 0 Å². The number of hydrazone groups is 1. The molecule has 0 bridgehead atoms. The monoisotopic (exact) mass is 467 g/mol. The summed E-state index contributed by atoms with van der Waals surface area (Å²) in [5, 5.41) is 15.3. The standard InChI is InChI=1S/C25H33N5O4/c1-2-30(21-7-11-26-12-8-21)27-16-19-3-5-20(6-4-19)24-15-23(34-28-24)17-29-13-9-22(10-14-29)33-18-25(31)32/h3-8,11-12,16,22-24,28H,2,9-10,13-15,17-18H2,1H3,(H,31,32). The first-order valence-electron chi connectivity index (χ1n) is 11.9. The molecular formula is C25H33N5O4. The number of carbonyl (C=O) groups is 1. The summed E-state index contributed by atoms with van der Waals surface area (Å²) in [6.45, 7) is 5.29. The summed E-state index contributed by atoms with van der Waals surface area (Å²) in [7, 11) is 0. The maximum absolute atomic E-state index is 10.7. The highest BCUT2D eigenvalue weighted by Gasteiger charge is 2.30. The topological polar surface area (TPSA) is 99.5 Å². The van der Waals surface area contributed by atoms with Gasteiger partial charge in [0.15, 0.2) is 0 Å². The van der Waals surface area contributed by atoms with Gasteiger partial charge in [0.25, 0.3) is 0 Å². The van der Waals surface area contributed by atoms with Crippen LogP contribution in [0.4, 0.5) is 5.69 Å². The van der Waals surface area contributed by atoms with Crippen LogP contribution in [0, 0.1) is 0 Å². The van der Waals surface area contributed by atoms with Gasteiger partial charge >= 0.3 is 5.97 Å². The third kappa shape index (κ3) is 6.83. The van der Waals surface area contributed by atoms with Gasteiger partial charge in [0.1, 0.15) is 6.61 Å². The number of aliphatic carboxylic acids is 1. The second kappa shape index (κ2) is 12.0. The number of piperidine rings is 1. The number of carboxylic acid groups (broad SMARTS) is 1. The maximum Gasteiger partial charge on any atom is 0.329 e. The Hall–Kier alpha value is -2.85. The molecule has 2 aromatic rings. The minimum absolute atomic E-state index is 0.0406. The van der Waals surface area contributed by atoms with E-state index in [1.807, 2.05) is 23.4 Å². The lowest BCUT2D eigenvalue weighted by Crippen LogP contribution is -2.41. The zero-order valence-electron chi connectivity index (χ0n) is 19.5. The number of pyridine rings is 1. The van der Waals surface area contributed by atoms with Crippen molar-refractivity contribution in [2.45, 2.75) is 44.4 Å². The Kier molecular flexibility index (Phi) is 8.59. The second-order valence-corrected chi connectivity index (χ2v) is 8.68. The number of ether oxygens (including phenoxy) is 1. The molecule has 9 heteroatoms. The van der Waals surface area contributed by atoms with E-state index < -0.39 is 5.97 Å². The second-order valence-electron chi connectivity index (χ2n) is 8.68. The molecule has 182 valence electrons. The Morgan fingerprint density at radius 3 is 2.68 bits per heavy atom. The summed E-state index contributed by atoms with van der Waals surface area (Å²) in [5.41, 5.74) is 6.44. The van der Waals surface area contributed by atoms with Gasteiger partial charge in [-0.3, -0.25) is 14.8 Å². The van der Waals surface area contributed by atoms with Crippen molar-refractivity contribution in [3.63, 3.8) is 0 Å². The van der Waals surface area contributed by atoms with Crippen molar-refractivity contribution in [1.29, 1.82) is 0 Å². The molecule has 2 unspecified atom stereocenters. The summed E-state index contributed by atoms with van der Waals surface area (Å²) < 4.78 is 5.42. The van der Waals surface area contributed by atoms with E-state index >= 15 is 0 Å². The molecular weight excluding hydrogens is 434 g/mol. The minimum Gasteiger partial charge on any atom is -0.480 e. The van der Waals surface area contributed by atoms with Gasteiger partial charge in [-0.15, -0.1) is 0 Å². The van der Waals surface area contributed by atoms with Crippen molar-refractivity contribution >= 4 is 17.9 Å². The van der Waals surface area contributed by atoms with E-state index in [2.05, 4.69) is 51.7 Å². The predicted molar refractivity (Wildman–Crippen MR) is 130 cm³/mol. The molecule has 1 aromatic heterocycles. The average molecular weight is 468 g/mol. The first-order chi connectivity index (χ1) is 16.6. The number of likely N-dealkylation sites (tertiary alicyclic amines) is 1. The van der Waals surface area contributed by atoms with Crippen molar-refractivity contribution < 1.29 is 19.5 Å². The van der Waals surface area contributed by atoms with E-state index in [0.717, 1.165) is 56.7 Å². The minimum atomic E-state index is -0.910. The summed E-state index contributed by atoms with van der Waals surface area (Å²) >= 11 is 0. The molecule has 2 N–H and O–H groups in total. The van der Waals surface area contributed by atoms with Gasteiger partial charge < -0.3 is 14.7 Å². The maximum atomic E-state index is 10.7. The van der Waals surface area contributed by atoms with Crippen LogP contribution < -0.4 is 10.5 Å². The lowest BCUT2D eigenvalue weighted by Gasteiger charge is -2.32. The van der Waals surface area contributed by atoms with Gasteiger partial charge in [0, 0.05) is 38.6 Å². The Labute approximate surface area is 200 Å². The number of hydroxylamine groups is 1. The third-order valence-electron chi connectivity index (χ3n) is 6.26. The molecule has 0 spiro atoms. The molecule has 2 atom stereocenters. The van der Waals surface area contributed by atoms with Crippen LogP contribution in [0.15, 0.2) is 53.9 Å². The van der Waals surface area contributed by atoms with Crippen molar-refractivity contribution in [2.75, 3.05) is 37.8 Å². The van der Waals surface area contributed by atoms with Crippen LogP contribution in [0.2, 0.25) is 0 Å². The van der Waals surface area contributed by atoms with Gasteiger partial charge in [0.05, 0.1) is 30.2 Å². The first kappa shape index (κ1) is 24.3. The number of benzene rings is 1. The van der Waals surface area contributed by atoms with Gasteiger partial charge in [-0.1, -0.05) is 24.3 Å². The molecule has 0 saturated carbocycles. The number of anilines is 1. The molecule has 1 aromatic carbocycles. The van der Waals surface area contributed by atoms with Gasteiger partial charge in [-0.05, 0) is 49.4 Å². The van der Waals surface area contributed by atoms with Gasteiger partial charge in [-0.2, -0.15) is 10.6 Å². The number of nitrogens with one attached hydrogen (secondary N) is 1. The lowest BCUT2D eigenvalue weighted by atomic mass is 10.0. The fourth-order valence-corrected chi connectivity index (χ4v) is 4.39. The molecule has 2 saturated heterocycles. The summed E-state index contributed by atoms with van der Waals surface area (Å²) in [6, 6.07) is 12.5. The van der Waals surface area contributed by atoms with E-state index in [4.69, 9.17) is 14.7 Å². The molecule has 0 aliphatic carbocycles. The molecule has 2 aliphatic rings. The zero-order chi connectivity index (χ0) is 23.8. The van der Waals surface area contributed by atoms with Crippen LogP contribution in [-0.4, -0.2) is 72.2 Å². The highest BCUT2D eigenvalue weighted by atomic mass is 16.7. The summed E-state index contributed by atoms with van der Waals surface area (Å²) in [6.07, 6.45) is 8.21. The Morgan fingerprint density at radius 1 is 1.26 bits per heavy atom. The molecule has 3 heterocycles. The van der Waals surface area contributed by atoms with Crippen LogP contribution >= 0.6 is 0 Å². The molecule has 2 aliphatic heterocycles. The number of hydrogen-bond acceptors (Lipinski definition) is 8. The van der Waals surface area contributed by atoms with Crippen LogP contribution in [0.1, 0.15) is 43.4 Å². The number of rotatable bonds is 10. The lowest BCUT2D eigenvalue weighted by molar-refractivity contribution is -0.145. The van der Waals surface area contributed by atoms with E-state index in [1.54, 1.807) is 12.4 Å². The highest BCUT2D eigenvalue weighted by molar-refractivity contribution is 5.80. The molecule has 34 heavy (non-hydrogen) atoms. The fraction of sp³-hybridized carbons (Fsp3) is 0.480. The van der Waals surface area contributed by atoms with E-state index in [-0.39, 0.29) is 24.9 Å².